The second-order valence-corrected chi connectivity index (χ2v) is 5.70. The zero-order valence-corrected chi connectivity index (χ0v) is 12.7. The largest absolute Gasteiger partial charge is 0.354 e. The van der Waals surface area contributed by atoms with E-state index in [4.69, 9.17) is 5.73 Å². The van der Waals surface area contributed by atoms with Gasteiger partial charge in [0.25, 0.3) is 0 Å². The SMILES string of the molecule is Cc1nc(N2CCN(C(C)CN)CC2)ccc1Br. The van der Waals surface area contributed by atoms with Crippen LogP contribution in [0.1, 0.15) is 12.6 Å². The molecule has 0 bridgehead atoms. The van der Waals surface area contributed by atoms with Crippen LogP contribution in [0.4, 0.5) is 5.82 Å². The number of aromatic nitrogens is 1. The van der Waals surface area contributed by atoms with Crippen LogP contribution in [-0.4, -0.2) is 48.6 Å². The molecule has 2 rings (SSSR count). The smallest absolute Gasteiger partial charge is 0.128 e. The van der Waals surface area contributed by atoms with Gasteiger partial charge in [-0.05, 0) is 41.9 Å². The standard InChI is InChI=1S/C13H21BrN4/c1-10(9-15)17-5-7-18(8-6-17)13-4-3-12(14)11(2)16-13/h3-4,10H,5-9,15H2,1-2H3. The van der Waals surface area contributed by atoms with Crippen LogP contribution in [0.5, 0.6) is 0 Å². The zero-order valence-electron chi connectivity index (χ0n) is 11.1. The van der Waals surface area contributed by atoms with Crippen molar-refractivity contribution in [3.8, 4) is 0 Å². The van der Waals surface area contributed by atoms with Crippen molar-refractivity contribution in [2.75, 3.05) is 37.6 Å². The molecular formula is C13H21BrN4. The highest BCUT2D eigenvalue weighted by atomic mass is 79.9. The molecule has 2 N–H and O–H groups in total. The van der Waals surface area contributed by atoms with E-state index in [0.717, 1.165) is 48.7 Å². The van der Waals surface area contributed by atoms with Gasteiger partial charge in [-0.2, -0.15) is 0 Å². The van der Waals surface area contributed by atoms with Crippen LogP contribution >= 0.6 is 15.9 Å². The van der Waals surface area contributed by atoms with Gasteiger partial charge in [0.2, 0.25) is 0 Å². The first-order chi connectivity index (χ1) is 8.61. The van der Waals surface area contributed by atoms with Gasteiger partial charge < -0.3 is 10.6 Å². The third-order valence-electron chi connectivity index (χ3n) is 3.61. The minimum atomic E-state index is 0.478. The lowest BCUT2D eigenvalue weighted by Gasteiger charge is -2.38. The normalized spacial score (nSPS) is 19.0. The molecule has 5 heteroatoms. The summed E-state index contributed by atoms with van der Waals surface area (Å²) in [6, 6.07) is 4.64. The number of rotatable bonds is 3. The first kappa shape index (κ1) is 13.8. The Kier molecular flexibility index (Phi) is 4.59. The molecule has 1 aliphatic heterocycles. The van der Waals surface area contributed by atoms with E-state index in [1.165, 1.54) is 0 Å². The quantitative estimate of drug-likeness (QED) is 0.921. The van der Waals surface area contributed by atoms with E-state index in [1.807, 2.05) is 6.92 Å². The summed E-state index contributed by atoms with van der Waals surface area (Å²) in [4.78, 5) is 9.42. The van der Waals surface area contributed by atoms with E-state index in [2.05, 4.69) is 49.8 Å². The van der Waals surface area contributed by atoms with Gasteiger partial charge in [-0.25, -0.2) is 4.98 Å². The number of hydrogen-bond donors (Lipinski definition) is 1. The maximum absolute atomic E-state index is 5.71. The van der Waals surface area contributed by atoms with Gasteiger partial charge in [0, 0.05) is 43.2 Å². The maximum Gasteiger partial charge on any atom is 0.128 e. The van der Waals surface area contributed by atoms with E-state index < -0.39 is 0 Å². The Morgan fingerprint density at radius 1 is 1.33 bits per heavy atom. The predicted octanol–water partition coefficient (Wildman–Crippen LogP) is 1.62. The summed E-state index contributed by atoms with van der Waals surface area (Å²) >= 11 is 3.49. The Morgan fingerprint density at radius 2 is 2.00 bits per heavy atom. The van der Waals surface area contributed by atoms with Crippen LogP contribution < -0.4 is 10.6 Å². The first-order valence-corrected chi connectivity index (χ1v) is 7.23. The topological polar surface area (TPSA) is 45.4 Å². The first-order valence-electron chi connectivity index (χ1n) is 6.44. The Morgan fingerprint density at radius 3 is 2.56 bits per heavy atom. The molecular weight excluding hydrogens is 292 g/mol. The number of aryl methyl sites for hydroxylation is 1. The zero-order chi connectivity index (χ0) is 13.1. The fraction of sp³-hybridized carbons (Fsp3) is 0.615. The van der Waals surface area contributed by atoms with Crippen LogP contribution in [0.25, 0.3) is 0 Å². The van der Waals surface area contributed by atoms with Crippen LogP contribution in [0.3, 0.4) is 0 Å². The van der Waals surface area contributed by atoms with E-state index in [0.29, 0.717) is 6.04 Å². The number of hydrogen-bond acceptors (Lipinski definition) is 4. The third-order valence-corrected chi connectivity index (χ3v) is 4.45. The number of anilines is 1. The van der Waals surface area contributed by atoms with Crippen LogP contribution in [-0.2, 0) is 0 Å². The van der Waals surface area contributed by atoms with Gasteiger partial charge in [-0.15, -0.1) is 0 Å². The van der Waals surface area contributed by atoms with Crippen molar-refractivity contribution in [3.05, 3.63) is 22.3 Å². The molecule has 18 heavy (non-hydrogen) atoms. The second-order valence-electron chi connectivity index (χ2n) is 4.84. The van der Waals surface area contributed by atoms with E-state index in [1.54, 1.807) is 0 Å². The van der Waals surface area contributed by atoms with Crippen molar-refractivity contribution in [3.63, 3.8) is 0 Å². The Labute approximate surface area is 117 Å². The molecule has 1 saturated heterocycles. The molecule has 0 spiro atoms. The minimum absolute atomic E-state index is 0.478. The van der Waals surface area contributed by atoms with Crippen molar-refractivity contribution >= 4 is 21.7 Å². The summed E-state index contributed by atoms with van der Waals surface area (Å²) < 4.78 is 1.07. The minimum Gasteiger partial charge on any atom is -0.354 e. The summed E-state index contributed by atoms with van der Waals surface area (Å²) in [5.41, 5.74) is 6.76. The Bertz CT molecular complexity index is 402. The van der Waals surface area contributed by atoms with Crippen molar-refractivity contribution in [2.24, 2.45) is 5.73 Å². The van der Waals surface area contributed by atoms with Gasteiger partial charge in [0.05, 0.1) is 5.69 Å². The van der Waals surface area contributed by atoms with Gasteiger partial charge in [-0.3, -0.25) is 4.90 Å². The van der Waals surface area contributed by atoms with Crippen molar-refractivity contribution < 1.29 is 0 Å². The molecule has 1 aliphatic rings. The van der Waals surface area contributed by atoms with Gasteiger partial charge in [0.15, 0.2) is 0 Å². The summed E-state index contributed by atoms with van der Waals surface area (Å²) in [5, 5.41) is 0. The summed E-state index contributed by atoms with van der Waals surface area (Å²) in [6.45, 7) is 9.13. The summed E-state index contributed by atoms with van der Waals surface area (Å²) in [6.07, 6.45) is 0. The predicted molar refractivity (Wildman–Crippen MR) is 79.0 cm³/mol. The summed E-state index contributed by atoms with van der Waals surface area (Å²) in [7, 11) is 0. The molecule has 1 atom stereocenters. The lowest BCUT2D eigenvalue weighted by Crippen LogP contribution is -2.51. The van der Waals surface area contributed by atoms with Gasteiger partial charge in [0.1, 0.15) is 5.82 Å². The molecule has 1 aromatic heterocycles. The lowest BCUT2D eigenvalue weighted by atomic mass is 10.2. The third kappa shape index (κ3) is 3.02. The average Bonchev–Trinajstić information content (AvgIpc) is 2.41. The monoisotopic (exact) mass is 312 g/mol. The van der Waals surface area contributed by atoms with Crippen LogP contribution in [0.15, 0.2) is 16.6 Å². The van der Waals surface area contributed by atoms with Gasteiger partial charge >= 0.3 is 0 Å². The maximum atomic E-state index is 5.71. The number of nitrogens with two attached hydrogens (primary N) is 1. The average molecular weight is 313 g/mol. The van der Waals surface area contributed by atoms with Crippen molar-refractivity contribution in [1.29, 1.82) is 0 Å². The number of pyridine rings is 1. The highest BCUT2D eigenvalue weighted by Gasteiger charge is 2.21. The molecule has 0 radical (unpaired) electrons. The van der Waals surface area contributed by atoms with Crippen molar-refractivity contribution in [2.45, 2.75) is 19.9 Å². The molecule has 1 fully saturated rings. The second kappa shape index (κ2) is 5.99. The van der Waals surface area contributed by atoms with Crippen LogP contribution in [0.2, 0.25) is 0 Å². The van der Waals surface area contributed by atoms with Crippen LogP contribution in [0, 0.1) is 6.92 Å². The highest BCUT2D eigenvalue weighted by Crippen LogP contribution is 2.20. The molecule has 2 heterocycles. The van der Waals surface area contributed by atoms with E-state index in [-0.39, 0.29) is 0 Å². The Hall–Kier alpha value is -0.650. The van der Waals surface area contributed by atoms with E-state index >= 15 is 0 Å². The summed E-state index contributed by atoms with van der Waals surface area (Å²) in [5.74, 6) is 1.08. The fourth-order valence-electron chi connectivity index (χ4n) is 2.25. The molecule has 1 aromatic rings. The number of halogens is 1. The number of piperazine rings is 1. The molecule has 0 saturated carbocycles. The molecule has 0 aliphatic carbocycles. The Balaban J connectivity index is 1.99. The van der Waals surface area contributed by atoms with Crippen molar-refractivity contribution in [1.82, 2.24) is 9.88 Å². The molecule has 0 amide bonds. The van der Waals surface area contributed by atoms with Gasteiger partial charge in [-0.1, -0.05) is 0 Å². The lowest BCUT2D eigenvalue weighted by molar-refractivity contribution is 0.201. The fourth-order valence-corrected chi connectivity index (χ4v) is 2.47. The number of nitrogens with zero attached hydrogens (tertiary/aromatic N) is 3. The molecule has 0 aromatic carbocycles. The molecule has 100 valence electrons. The highest BCUT2D eigenvalue weighted by molar-refractivity contribution is 9.10. The molecule has 1 unspecified atom stereocenters. The van der Waals surface area contributed by atoms with E-state index in [9.17, 15) is 0 Å². The molecule has 4 nitrogen and oxygen atoms in total.